The van der Waals surface area contributed by atoms with Crippen LogP contribution in [0.15, 0.2) is 60.8 Å². The Morgan fingerprint density at radius 3 is 2.62 bits per heavy atom. The van der Waals surface area contributed by atoms with Crippen LogP contribution in [0.3, 0.4) is 0 Å². The number of hydroxylamine groups is 2. The van der Waals surface area contributed by atoms with E-state index in [0.717, 1.165) is 29.5 Å². The van der Waals surface area contributed by atoms with Gasteiger partial charge in [-0.3, -0.25) is 9.63 Å². The van der Waals surface area contributed by atoms with E-state index in [1.54, 1.807) is 22.8 Å². The summed E-state index contributed by atoms with van der Waals surface area (Å²) in [7, 11) is 0. The third-order valence-corrected chi connectivity index (χ3v) is 6.65. The van der Waals surface area contributed by atoms with Gasteiger partial charge in [0, 0.05) is 23.6 Å². The van der Waals surface area contributed by atoms with E-state index in [9.17, 15) is 14.0 Å². The number of hydrogen-bond donors (Lipinski definition) is 2. The van der Waals surface area contributed by atoms with Crippen LogP contribution in [0.2, 0.25) is 0 Å². The molecule has 2 N–H and O–H groups in total. The van der Waals surface area contributed by atoms with Gasteiger partial charge in [0.05, 0.1) is 24.5 Å². The number of amides is 3. The summed E-state index contributed by atoms with van der Waals surface area (Å²) >= 11 is 0. The smallest absolute Gasteiger partial charge is 0.309 e. The molecule has 37 heavy (non-hydrogen) atoms. The van der Waals surface area contributed by atoms with Crippen LogP contribution in [0.25, 0.3) is 16.9 Å². The maximum absolute atomic E-state index is 13.4. The molecular weight excluding hydrogens is 475 g/mol. The second-order valence-corrected chi connectivity index (χ2v) is 9.39. The number of halogens is 1. The summed E-state index contributed by atoms with van der Waals surface area (Å²) in [5.41, 5.74) is 4.42. The van der Waals surface area contributed by atoms with E-state index in [2.05, 4.69) is 20.7 Å². The van der Waals surface area contributed by atoms with Gasteiger partial charge in [0.2, 0.25) is 5.91 Å². The molecule has 0 unspecified atom stereocenters. The molecule has 3 amide bonds. The monoisotopic (exact) mass is 500 g/mol. The number of carbonyl (C=O) groups is 2. The molecular formula is C27H25FN6O3. The van der Waals surface area contributed by atoms with Gasteiger partial charge in [-0.25, -0.2) is 18.7 Å². The second-order valence-electron chi connectivity index (χ2n) is 9.39. The van der Waals surface area contributed by atoms with Gasteiger partial charge < -0.3 is 10.6 Å². The van der Waals surface area contributed by atoms with Gasteiger partial charge in [-0.1, -0.05) is 24.3 Å². The molecule has 1 aliphatic carbocycles. The first-order chi connectivity index (χ1) is 17.9. The lowest BCUT2D eigenvalue weighted by molar-refractivity contribution is -0.117. The predicted molar refractivity (Wildman–Crippen MR) is 135 cm³/mol. The molecule has 2 aromatic heterocycles. The number of rotatable bonds is 5. The van der Waals surface area contributed by atoms with Crippen LogP contribution in [0.1, 0.15) is 36.4 Å². The quantitative estimate of drug-likeness (QED) is 0.397. The van der Waals surface area contributed by atoms with Crippen molar-refractivity contribution in [3.63, 3.8) is 0 Å². The van der Waals surface area contributed by atoms with Crippen molar-refractivity contribution in [3.05, 3.63) is 77.7 Å². The van der Waals surface area contributed by atoms with Gasteiger partial charge in [-0.15, -0.1) is 0 Å². The van der Waals surface area contributed by atoms with Crippen LogP contribution in [0, 0.1) is 18.7 Å². The van der Waals surface area contributed by atoms with Gasteiger partial charge in [0.25, 0.3) is 0 Å². The van der Waals surface area contributed by atoms with Gasteiger partial charge in [0.1, 0.15) is 5.82 Å². The molecule has 10 heteroatoms. The van der Waals surface area contributed by atoms with Crippen molar-refractivity contribution in [2.24, 2.45) is 5.92 Å². The molecule has 6 rings (SSSR count). The Labute approximate surface area is 212 Å². The summed E-state index contributed by atoms with van der Waals surface area (Å²) in [5, 5.41) is 11.7. The summed E-state index contributed by atoms with van der Waals surface area (Å²) in [4.78, 5) is 35.2. The van der Waals surface area contributed by atoms with E-state index >= 15 is 0 Å². The Kier molecular flexibility index (Phi) is 5.80. The average molecular weight is 501 g/mol. The molecule has 1 aliphatic heterocycles. The fraction of sp³-hybridized carbons (Fsp3) is 0.259. The number of carbonyl (C=O) groups excluding carboxylic acids is 2. The molecule has 2 fully saturated rings. The molecule has 1 saturated carbocycles. The minimum Gasteiger partial charge on any atom is -0.309 e. The topological polar surface area (TPSA) is 101 Å². The molecule has 0 spiro atoms. The zero-order valence-corrected chi connectivity index (χ0v) is 20.1. The van der Waals surface area contributed by atoms with E-state index in [4.69, 9.17) is 4.84 Å². The van der Waals surface area contributed by atoms with E-state index in [-0.39, 0.29) is 23.7 Å². The van der Waals surface area contributed by atoms with E-state index < -0.39 is 6.03 Å². The van der Waals surface area contributed by atoms with Crippen molar-refractivity contribution in [3.8, 4) is 11.3 Å². The Bertz CT molecular complexity index is 1500. The molecule has 2 aliphatic rings. The highest BCUT2D eigenvalue weighted by molar-refractivity contribution is 5.93. The Hall–Kier alpha value is -4.31. The summed E-state index contributed by atoms with van der Waals surface area (Å²) in [6.07, 6.45) is 4.15. The molecule has 0 bridgehead atoms. The minimum atomic E-state index is -0.402. The summed E-state index contributed by atoms with van der Waals surface area (Å²) in [6.45, 7) is 2.30. The van der Waals surface area contributed by atoms with Crippen molar-refractivity contribution >= 4 is 29.1 Å². The van der Waals surface area contributed by atoms with Crippen molar-refractivity contribution in [1.82, 2.24) is 19.7 Å². The number of fused-ring (bicyclic) bond motifs is 1. The van der Waals surface area contributed by atoms with Crippen LogP contribution < -0.4 is 10.6 Å². The number of nitrogens with one attached hydrogen (secondary N) is 2. The lowest BCUT2D eigenvalue weighted by Gasteiger charge is -2.23. The second kappa shape index (κ2) is 9.29. The Morgan fingerprint density at radius 1 is 1.03 bits per heavy atom. The summed E-state index contributed by atoms with van der Waals surface area (Å²) < 4.78 is 15.0. The van der Waals surface area contributed by atoms with Gasteiger partial charge in [0.15, 0.2) is 11.5 Å². The lowest BCUT2D eigenvalue weighted by Crippen LogP contribution is -2.33. The highest BCUT2D eigenvalue weighted by atomic mass is 19.1. The largest absolute Gasteiger partial charge is 0.346 e. The number of hydrogen-bond acceptors (Lipinski definition) is 5. The highest BCUT2D eigenvalue weighted by Crippen LogP contribution is 2.32. The Balaban J connectivity index is 1.21. The first-order valence-corrected chi connectivity index (χ1v) is 12.2. The van der Waals surface area contributed by atoms with Crippen LogP contribution >= 0.6 is 0 Å². The molecule has 3 heterocycles. The number of urea groups is 1. The first-order valence-electron chi connectivity index (χ1n) is 12.2. The van der Waals surface area contributed by atoms with Gasteiger partial charge in [-0.05, 0) is 61.2 Å². The van der Waals surface area contributed by atoms with E-state index in [0.29, 0.717) is 35.9 Å². The fourth-order valence-electron chi connectivity index (χ4n) is 4.41. The van der Waals surface area contributed by atoms with Gasteiger partial charge >= 0.3 is 6.03 Å². The maximum atomic E-state index is 13.4. The van der Waals surface area contributed by atoms with Crippen LogP contribution in [-0.2, 0) is 9.63 Å². The third-order valence-electron chi connectivity index (χ3n) is 6.65. The van der Waals surface area contributed by atoms with Crippen molar-refractivity contribution in [2.75, 3.05) is 17.2 Å². The number of aromatic nitrogens is 3. The molecule has 9 nitrogen and oxygen atoms in total. The molecule has 4 aromatic rings. The zero-order valence-electron chi connectivity index (χ0n) is 20.1. The molecule has 188 valence electrons. The number of anilines is 2. The molecule has 1 saturated heterocycles. The maximum Gasteiger partial charge on any atom is 0.346 e. The molecule has 1 atom stereocenters. The predicted octanol–water partition coefficient (Wildman–Crippen LogP) is 5.10. The van der Waals surface area contributed by atoms with E-state index in [1.807, 2.05) is 37.3 Å². The van der Waals surface area contributed by atoms with Crippen LogP contribution in [0.5, 0.6) is 0 Å². The zero-order chi connectivity index (χ0) is 25.5. The average Bonchev–Trinajstić information content (AvgIpc) is 3.49. The normalized spacial score (nSPS) is 17.2. The fourth-order valence-corrected chi connectivity index (χ4v) is 4.41. The molecule has 0 radical (unpaired) electrons. The van der Waals surface area contributed by atoms with E-state index in [1.165, 1.54) is 17.2 Å². The lowest BCUT2D eigenvalue weighted by atomic mass is 10.0. The number of benzene rings is 2. The SMILES string of the molecule is Cc1ccc(-c2ccc3nc(NC(=O)C4CC4)cn3n2)cc1NC(=O)N1OCC[C@H]1c1ccc(F)cc1. The summed E-state index contributed by atoms with van der Waals surface area (Å²) in [5.74, 6) is 0.227. The molecule has 2 aromatic carbocycles. The number of imidazole rings is 1. The van der Waals surface area contributed by atoms with Crippen LogP contribution in [-0.4, -0.2) is 38.2 Å². The van der Waals surface area contributed by atoms with Crippen molar-refractivity contribution in [1.29, 1.82) is 0 Å². The Morgan fingerprint density at radius 2 is 1.84 bits per heavy atom. The summed E-state index contributed by atoms with van der Waals surface area (Å²) in [6, 6.07) is 14.8. The van der Waals surface area contributed by atoms with Gasteiger partial charge in [-0.2, -0.15) is 10.2 Å². The first kappa shape index (κ1) is 23.1. The third kappa shape index (κ3) is 4.75. The minimum absolute atomic E-state index is 0.00815. The highest BCUT2D eigenvalue weighted by Gasteiger charge is 2.32. The number of nitrogens with zero attached hydrogens (tertiary/aromatic N) is 4. The number of aryl methyl sites for hydroxylation is 1. The van der Waals surface area contributed by atoms with Crippen molar-refractivity contribution < 1.29 is 18.8 Å². The van der Waals surface area contributed by atoms with Crippen molar-refractivity contribution in [2.45, 2.75) is 32.2 Å². The van der Waals surface area contributed by atoms with Crippen LogP contribution in [0.4, 0.5) is 20.7 Å². The standard InChI is InChI=1S/C27H25FN6O3/c1-16-2-3-19(21-10-11-25-30-24(15-33(25)32-21)31-26(35)18-4-5-18)14-22(16)29-27(36)34-23(12-13-37-34)17-6-8-20(28)9-7-17/h2-3,6-11,14-15,18,23H,4-5,12-13H2,1H3,(H,29,36)(H,31,35)/t23-/m0/s1.